The molecular formula is C24H24Cl2F3N3O5S. The van der Waals surface area contributed by atoms with E-state index >= 15 is 0 Å². The lowest BCUT2D eigenvalue weighted by Crippen LogP contribution is -2.41. The summed E-state index contributed by atoms with van der Waals surface area (Å²) >= 11 is 12.1. The van der Waals surface area contributed by atoms with Crippen LogP contribution in [0.1, 0.15) is 40.4 Å². The second kappa shape index (κ2) is 11.0. The number of carbonyl (C=O) groups is 1. The fraction of sp³-hybridized carbons (Fsp3) is 0.417. The van der Waals surface area contributed by atoms with Gasteiger partial charge in [-0.2, -0.15) is 0 Å². The Morgan fingerprint density at radius 2 is 1.89 bits per heavy atom. The Bertz CT molecular complexity index is 1360. The molecule has 2 aromatic rings. The van der Waals surface area contributed by atoms with E-state index in [1.165, 1.54) is 31.2 Å². The number of nitrogens with one attached hydrogen (secondary N) is 1. The van der Waals surface area contributed by atoms with Crippen molar-refractivity contribution < 1.29 is 36.1 Å². The Hall–Kier alpha value is -2.38. The molecule has 1 fully saturated rings. The number of aryl methyl sites for hydroxylation is 1. The van der Waals surface area contributed by atoms with Gasteiger partial charge in [-0.3, -0.25) is 9.63 Å². The SMILES string of the molecule is CCS(=O)(=O)N1C[C@@H](NC(=O)c2ccc(C3=NOC(c4cc(Cl)cc(Cl)c4)(C(F)C(F)F)C3)cc2C)CO1. The van der Waals surface area contributed by atoms with E-state index in [-0.39, 0.29) is 46.6 Å². The fourth-order valence-electron chi connectivity index (χ4n) is 4.31. The molecule has 14 heteroatoms. The molecule has 8 nitrogen and oxygen atoms in total. The van der Waals surface area contributed by atoms with E-state index in [4.69, 9.17) is 32.9 Å². The van der Waals surface area contributed by atoms with Gasteiger partial charge in [0.05, 0.1) is 30.7 Å². The number of nitrogens with zero attached hydrogens (tertiary/aromatic N) is 2. The van der Waals surface area contributed by atoms with Crippen LogP contribution in [0.5, 0.6) is 0 Å². The van der Waals surface area contributed by atoms with Crippen LogP contribution in [0.25, 0.3) is 0 Å². The van der Waals surface area contributed by atoms with E-state index in [2.05, 4.69) is 10.5 Å². The number of sulfonamides is 1. The Kier molecular flexibility index (Phi) is 8.29. The first kappa shape index (κ1) is 28.6. The maximum Gasteiger partial charge on any atom is 0.273 e. The largest absolute Gasteiger partial charge is 0.380 e. The Labute approximate surface area is 227 Å². The summed E-state index contributed by atoms with van der Waals surface area (Å²) in [5.41, 5.74) is -0.659. The summed E-state index contributed by atoms with van der Waals surface area (Å²) < 4.78 is 66.9. The van der Waals surface area contributed by atoms with Gasteiger partial charge < -0.3 is 10.2 Å². The Morgan fingerprint density at radius 3 is 2.50 bits per heavy atom. The monoisotopic (exact) mass is 593 g/mol. The van der Waals surface area contributed by atoms with E-state index in [1.807, 2.05) is 0 Å². The second-order valence-corrected chi connectivity index (χ2v) is 12.0. The van der Waals surface area contributed by atoms with Gasteiger partial charge in [0, 0.05) is 27.6 Å². The summed E-state index contributed by atoms with van der Waals surface area (Å²) in [6.07, 6.45) is -6.42. The number of rotatable bonds is 8. The average molecular weight is 594 g/mol. The first-order chi connectivity index (χ1) is 17.9. The summed E-state index contributed by atoms with van der Waals surface area (Å²) in [6.45, 7) is 3.14. The van der Waals surface area contributed by atoms with E-state index in [1.54, 1.807) is 19.1 Å². The van der Waals surface area contributed by atoms with Crippen LogP contribution in [0.2, 0.25) is 10.0 Å². The number of amides is 1. The van der Waals surface area contributed by atoms with Gasteiger partial charge in [0.1, 0.15) is 0 Å². The maximum atomic E-state index is 15.0. The number of hydrogen-bond donors (Lipinski definition) is 1. The van der Waals surface area contributed by atoms with Crippen molar-refractivity contribution >= 4 is 44.8 Å². The van der Waals surface area contributed by atoms with E-state index in [0.29, 0.717) is 16.7 Å². The van der Waals surface area contributed by atoms with Crippen LogP contribution in [0.15, 0.2) is 41.6 Å². The van der Waals surface area contributed by atoms with Crippen LogP contribution in [0.3, 0.4) is 0 Å². The van der Waals surface area contributed by atoms with Crippen molar-refractivity contribution in [2.75, 3.05) is 18.9 Å². The zero-order valence-corrected chi connectivity index (χ0v) is 22.6. The molecule has 1 N–H and O–H groups in total. The van der Waals surface area contributed by atoms with E-state index in [0.717, 1.165) is 4.47 Å². The zero-order chi connectivity index (χ0) is 27.8. The maximum absolute atomic E-state index is 15.0. The molecule has 4 rings (SSSR count). The summed E-state index contributed by atoms with van der Waals surface area (Å²) in [4.78, 5) is 23.4. The van der Waals surface area contributed by atoms with E-state index < -0.39 is 40.2 Å². The standard InChI is InChI=1S/C24H24Cl2F3N3O5S/c1-3-38(34,35)32-11-18(12-36-32)30-23(33)19-5-4-14(6-13(19)2)20-10-24(37-31-20,21(27)22(28)29)15-7-16(25)9-17(26)8-15/h4-9,18,21-22H,3,10-12H2,1-2H3,(H,30,33)/t18-,21?,24?/m1/s1. The fourth-order valence-corrected chi connectivity index (χ4v) is 5.76. The molecule has 0 saturated carbocycles. The van der Waals surface area contributed by atoms with Crippen LogP contribution < -0.4 is 5.32 Å². The third kappa shape index (κ3) is 5.64. The quantitative estimate of drug-likeness (QED) is 0.481. The zero-order valence-electron chi connectivity index (χ0n) is 20.3. The highest BCUT2D eigenvalue weighted by molar-refractivity contribution is 7.88. The molecule has 0 radical (unpaired) electrons. The highest BCUT2D eigenvalue weighted by Gasteiger charge is 2.53. The highest BCUT2D eigenvalue weighted by Crippen LogP contribution is 2.44. The Balaban J connectivity index is 1.52. The third-order valence-corrected chi connectivity index (χ3v) is 8.41. The number of halogens is 5. The molecule has 0 aliphatic carbocycles. The van der Waals surface area contributed by atoms with Crippen molar-refractivity contribution in [1.29, 1.82) is 0 Å². The van der Waals surface area contributed by atoms with Crippen molar-refractivity contribution in [2.45, 2.75) is 44.5 Å². The van der Waals surface area contributed by atoms with Gasteiger partial charge in [0.25, 0.3) is 12.3 Å². The van der Waals surface area contributed by atoms with Crippen molar-refractivity contribution in [3.05, 3.63) is 68.7 Å². The van der Waals surface area contributed by atoms with Crippen LogP contribution in [-0.4, -0.2) is 62.0 Å². The minimum absolute atomic E-state index is 0.000379. The summed E-state index contributed by atoms with van der Waals surface area (Å²) in [5, 5.41) is 6.90. The van der Waals surface area contributed by atoms with Crippen molar-refractivity contribution in [3.8, 4) is 0 Å². The summed E-state index contributed by atoms with van der Waals surface area (Å²) in [6, 6.07) is 8.11. The molecule has 0 bridgehead atoms. The normalized spacial score (nSPS) is 22.8. The van der Waals surface area contributed by atoms with Gasteiger partial charge >= 0.3 is 0 Å². The first-order valence-electron chi connectivity index (χ1n) is 11.6. The van der Waals surface area contributed by atoms with Gasteiger partial charge in [-0.05, 0) is 55.3 Å². The molecule has 206 valence electrons. The second-order valence-electron chi connectivity index (χ2n) is 8.97. The molecule has 0 aromatic heterocycles. The van der Waals surface area contributed by atoms with Crippen molar-refractivity contribution in [3.63, 3.8) is 0 Å². The van der Waals surface area contributed by atoms with Gasteiger partial charge in [0.15, 0.2) is 0 Å². The molecule has 1 saturated heterocycles. The number of hydrogen-bond acceptors (Lipinski definition) is 6. The molecule has 2 aliphatic heterocycles. The third-order valence-electron chi connectivity index (χ3n) is 6.37. The van der Waals surface area contributed by atoms with Crippen LogP contribution in [0, 0.1) is 6.92 Å². The number of hydroxylamine groups is 1. The van der Waals surface area contributed by atoms with Gasteiger partial charge in [-0.25, -0.2) is 21.6 Å². The molecule has 2 aliphatic rings. The van der Waals surface area contributed by atoms with Crippen molar-refractivity contribution in [1.82, 2.24) is 9.79 Å². The molecular weight excluding hydrogens is 570 g/mol. The molecule has 2 unspecified atom stereocenters. The summed E-state index contributed by atoms with van der Waals surface area (Å²) in [7, 11) is -3.55. The van der Waals surface area contributed by atoms with Crippen LogP contribution in [0.4, 0.5) is 13.2 Å². The lowest BCUT2D eigenvalue weighted by Gasteiger charge is -2.30. The first-order valence-corrected chi connectivity index (χ1v) is 13.9. The van der Waals surface area contributed by atoms with Crippen molar-refractivity contribution in [2.24, 2.45) is 5.16 Å². The highest BCUT2D eigenvalue weighted by atomic mass is 35.5. The van der Waals surface area contributed by atoms with Crippen LogP contribution >= 0.6 is 23.2 Å². The molecule has 2 aromatic carbocycles. The molecule has 2 heterocycles. The summed E-state index contributed by atoms with van der Waals surface area (Å²) in [5.74, 6) is -0.582. The predicted octanol–water partition coefficient (Wildman–Crippen LogP) is 4.62. The molecule has 3 atom stereocenters. The lowest BCUT2D eigenvalue weighted by atomic mass is 9.83. The Morgan fingerprint density at radius 1 is 1.21 bits per heavy atom. The van der Waals surface area contributed by atoms with Gasteiger partial charge in [-0.15, -0.1) is 0 Å². The molecule has 0 spiro atoms. The van der Waals surface area contributed by atoms with Crippen LogP contribution in [-0.2, 0) is 25.3 Å². The number of alkyl halides is 3. The number of carbonyl (C=O) groups excluding carboxylic acids is 1. The predicted molar refractivity (Wildman–Crippen MR) is 136 cm³/mol. The topological polar surface area (TPSA) is 97.3 Å². The van der Waals surface area contributed by atoms with Gasteiger partial charge in [-0.1, -0.05) is 38.9 Å². The average Bonchev–Trinajstić information content (AvgIpc) is 3.51. The molecule has 38 heavy (non-hydrogen) atoms. The lowest BCUT2D eigenvalue weighted by molar-refractivity contribution is -0.128. The number of oxime groups is 1. The molecule has 1 amide bonds. The number of benzene rings is 2. The smallest absolute Gasteiger partial charge is 0.273 e. The minimum Gasteiger partial charge on any atom is -0.380 e. The van der Waals surface area contributed by atoms with E-state index in [9.17, 15) is 26.4 Å². The minimum atomic E-state index is -3.55. The van der Waals surface area contributed by atoms with Gasteiger partial charge in [0.2, 0.25) is 21.8 Å².